The van der Waals surface area contributed by atoms with E-state index in [0.29, 0.717) is 18.1 Å². The Morgan fingerprint density at radius 2 is 1.94 bits per heavy atom. The number of anilines is 1. The van der Waals surface area contributed by atoms with Crippen LogP contribution in [0.15, 0.2) is 42.6 Å². The topological polar surface area (TPSA) is 74.2 Å². The quantitative estimate of drug-likeness (QED) is 0.820. The molecular weight excluding hydrogens is 202 g/mol. The molecule has 4 heteroatoms. The molecule has 1 aromatic heterocycles. The Balaban J connectivity index is 2.20. The van der Waals surface area contributed by atoms with Gasteiger partial charge in [0, 0.05) is 18.8 Å². The Morgan fingerprint density at radius 1 is 1.12 bits per heavy atom. The van der Waals surface area contributed by atoms with Crippen molar-refractivity contribution in [2.75, 3.05) is 5.73 Å². The van der Waals surface area contributed by atoms with Crippen LogP contribution in [-0.4, -0.2) is 4.98 Å². The Morgan fingerprint density at radius 3 is 2.69 bits per heavy atom. The number of pyridine rings is 1. The fourth-order valence-electron chi connectivity index (χ4n) is 1.36. The van der Waals surface area contributed by atoms with E-state index in [9.17, 15) is 0 Å². The summed E-state index contributed by atoms with van der Waals surface area (Å²) in [4.78, 5) is 3.89. The van der Waals surface area contributed by atoms with Crippen molar-refractivity contribution in [3.63, 3.8) is 0 Å². The van der Waals surface area contributed by atoms with Gasteiger partial charge in [-0.05, 0) is 23.8 Å². The Bertz CT molecular complexity index is 485. The first-order valence-corrected chi connectivity index (χ1v) is 4.96. The van der Waals surface area contributed by atoms with Crippen LogP contribution in [0.1, 0.15) is 5.56 Å². The van der Waals surface area contributed by atoms with Gasteiger partial charge in [-0.2, -0.15) is 0 Å². The maximum Gasteiger partial charge on any atom is 0.132 e. The van der Waals surface area contributed by atoms with Crippen molar-refractivity contribution >= 4 is 5.82 Å². The third-order valence-corrected chi connectivity index (χ3v) is 2.12. The highest BCUT2D eigenvalue weighted by atomic mass is 16.5. The van der Waals surface area contributed by atoms with Crippen molar-refractivity contribution in [3.8, 4) is 11.5 Å². The van der Waals surface area contributed by atoms with Gasteiger partial charge in [0.2, 0.25) is 0 Å². The smallest absolute Gasteiger partial charge is 0.132 e. The molecule has 0 unspecified atom stereocenters. The van der Waals surface area contributed by atoms with E-state index in [1.807, 2.05) is 24.3 Å². The minimum absolute atomic E-state index is 0.437. The largest absolute Gasteiger partial charge is 0.457 e. The Kier molecular flexibility index (Phi) is 3.03. The number of nitrogens with zero attached hydrogens (tertiary/aromatic N) is 1. The van der Waals surface area contributed by atoms with Gasteiger partial charge in [0.1, 0.15) is 17.3 Å². The van der Waals surface area contributed by atoms with E-state index in [4.69, 9.17) is 16.2 Å². The maximum absolute atomic E-state index is 5.63. The van der Waals surface area contributed by atoms with Crippen molar-refractivity contribution in [2.45, 2.75) is 6.54 Å². The third-order valence-electron chi connectivity index (χ3n) is 2.12. The van der Waals surface area contributed by atoms with Crippen molar-refractivity contribution in [2.24, 2.45) is 5.73 Å². The number of hydrogen-bond acceptors (Lipinski definition) is 4. The predicted molar refractivity (Wildman–Crippen MR) is 63.1 cm³/mol. The first-order valence-electron chi connectivity index (χ1n) is 4.96. The lowest BCUT2D eigenvalue weighted by atomic mass is 10.2. The Hall–Kier alpha value is -2.07. The van der Waals surface area contributed by atoms with Gasteiger partial charge >= 0.3 is 0 Å². The van der Waals surface area contributed by atoms with Crippen LogP contribution in [0.2, 0.25) is 0 Å². The molecule has 0 amide bonds. The average molecular weight is 215 g/mol. The molecule has 0 fully saturated rings. The number of hydrogen-bond donors (Lipinski definition) is 2. The second-order valence-corrected chi connectivity index (χ2v) is 3.37. The second kappa shape index (κ2) is 4.63. The van der Waals surface area contributed by atoms with Crippen LogP contribution >= 0.6 is 0 Å². The molecule has 4 N–H and O–H groups in total. The molecule has 2 aromatic rings. The molecule has 0 radical (unpaired) electrons. The first kappa shape index (κ1) is 10.4. The van der Waals surface area contributed by atoms with Crippen molar-refractivity contribution in [1.29, 1.82) is 0 Å². The van der Waals surface area contributed by atoms with E-state index in [-0.39, 0.29) is 0 Å². The summed E-state index contributed by atoms with van der Waals surface area (Å²) in [6, 6.07) is 11.1. The van der Waals surface area contributed by atoms with Gasteiger partial charge in [-0.15, -0.1) is 0 Å². The molecule has 0 saturated heterocycles. The monoisotopic (exact) mass is 215 g/mol. The molecule has 2 rings (SSSR count). The van der Waals surface area contributed by atoms with Crippen LogP contribution in [-0.2, 0) is 6.54 Å². The fourth-order valence-corrected chi connectivity index (χ4v) is 1.36. The van der Waals surface area contributed by atoms with Gasteiger partial charge in [0.05, 0.1) is 0 Å². The lowest BCUT2D eigenvalue weighted by molar-refractivity contribution is 0.481. The van der Waals surface area contributed by atoms with Crippen LogP contribution in [0.3, 0.4) is 0 Å². The molecule has 0 aliphatic rings. The highest BCUT2D eigenvalue weighted by Gasteiger charge is 1.99. The van der Waals surface area contributed by atoms with Gasteiger partial charge < -0.3 is 16.2 Å². The fraction of sp³-hybridized carbons (Fsp3) is 0.0833. The van der Waals surface area contributed by atoms with E-state index < -0.39 is 0 Å². The van der Waals surface area contributed by atoms with Crippen molar-refractivity contribution < 1.29 is 4.74 Å². The lowest BCUT2D eigenvalue weighted by Gasteiger charge is -2.06. The van der Waals surface area contributed by atoms with Gasteiger partial charge in [-0.25, -0.2) is 4.98 Å². The summed E-state index contributed by atoms with van der Waals surface area (Å²) in [5.74, 6) is 1.85. The zero-order valence-electron chi connectivity index (χ0n) is 8.76. The number of rotatable bonds is 3. The van der Waals surface area contributed by atoms with Crippen molar-refractivity contribution in [1.82, 2.24) is 4.98 Å². The molecule has 82 valence electrons. The molecule has 1 aromatic carbocycles. The number of ether oxygens (including phenoxy) is 1. The van der Waals surface area contributed by atoms with Crippen LogP contribution in [0.4, 0.5) is 5.82 Å². The molecule has 16 heavy (non-hydrogen) atoms. The van der Waals surface area contributed by atoms with Crippen molar-refractivity contribution in [3.05, 3.63) is 48.2 Å². The minimum Gasteiger partial charge on any atom is -0.457 e. The van der Waals surface area contributed by atoms with E-state index in [1.54, 1.807) is 18.3 Å². The molecule has 0 spiro atoms. The predicted octanol–water partition coefficient (Wildman–Crippen LogP) is 1.91. The standard InChI is InChI=1S/C12H13N3O/c13-8-9-2-1-3-10(6-9)16-11-4-5-15-12(14)7-11/h1-7H,8,13H2,(H2,14,15). The minimum atomic E-state index is 0.437. The highest BCUT2D eigenvalue weighted by Crippen LogP contribution is 2.22. The van der Waals surface area contributed by atoms with Gasteiger partial charge in [-0.1, -0.05) is 12.1 Å². The number of nitrogen functional groups attached to an aromatic ring is 1. The summed E-state index contributed by atoms with van der Waals surface area (Å²) in [5.41, 5.74) is 12.1. The average Bonchev–Trinajstić information content (AvgIpc) is 2.29. The summed E-state index contributed by atoms with van der Waals surface area (Å²) in [6.45, 7) is 0.496. The van der Waals surface area contributed by atoms with Gasteiger partial charge in [0.15, 0.2) is 0 Å². The molecule has 4 nitrogen and oxygen atoms in total. The van der Waals surface area contributed by atoms with E-state index in [1.165, 1.54) is 0 Å². The summed E-state index contributed by atoms with van der Waals surface area (Å²) in [7, 11) is 0. The third kappa shape index (κ3) is 2.49. The summed E-state index contributed by atoms with van der Waals surface area (Å²) >= 11 is 0. The van der Waals surface area contributed by atoms with Gasteiger partial charge in [-0.3, -0.25) is 0 Å². The first-order chi connectivity index (χ1) is 7.78. The van der Waals surface area contributed by atoms with E-state index in [0.717, 1.165) is 11.3 Å². The van der Waals surface area contributed by atoms with Crippen LogP contribution < -0.4 is 16.2 Å². The molecule has 1 heterocycles. The maximum atomic E-state index is 5.63. The summed E-state index contributed by atoms with van der Waals surface area (Å²) < 4.78 is 5.63. The number of benzene rings is 1. The molecule has 0 atom stereocenters. The highest BCUT2D eigenvalue weighted by molar-refractivity contribution is 5.39. The van der Waals surface area contributed by atoms with E-state index in [2.05, 4.69) is 4.98 Å². The zero-order chi connectivity index (χ0) is 11.4. The summed E-state index contributed by atoms with van der Waals surface area (Å²) in [6.07, 6.45) is 1.61. The molecule has 0 saturated carbocycles. The molecular formula is C12H13N3O. The number of aromatic nitrogens is 1. The molecule has 0 bridgehead atoms. The molecule has 0 aliphatic carbocycles. The van der Waals surface area contributed by atoms with Crippen LogP contribution in [0.5, 0.6) is 11.5 Å². The zero-order valence-corrected chi connectivity index (χ0v) is 8.76. The lowest BCUT2D eigenvalue weighted by Crippen LogP contribution is -1.96. The van der Waals surface area contributed by atoms with Gasteiger partial charge in [0.25, 0.3) is 0 Å². The number of nitrogens with two attached hydrogens (primary N) is 2. The van der Waals surface area contributed by atoms with E-state index >= 15 is 0 Å². The van der Waals surface area contributed by atoms with Crippen LogP contribution in [0.25, 0.3) is 0 Å². The Labute approximate surface area is 93.9 Å². The molecule has 0 aliphatic heterocycles. The van der Waals surface area contributed by atoms with Crippen LogP contribution in [0, 0.1) is 0 Å². The summed E-state index contributed by atoms with van der Waals surface area (Å²) in [5, 5.41) is 0. The SMILES string of the molecule is NCc1cccc(Oc2ccnc(N)c2)c1. The normalized spacial score (nSPS) is 10.1. The second-order valence-electron chi connectivity index (χ2n) is 3.37.